The molecule has 2 N–H and O–H groups in total. The van der Waals surface area contributed by atoms with Crippen LogP contribution < -0.4 is 25.2 Å². The highest BCUT2D eigenvalue weighted by atomic mass is 32.1. The topological polar surface area (TPSA) is 140 Å². The molecule has 2 amide bonds. The van der Waals surface area contributed by atoms with Gasteiger partial charge in [-0.05, 0) is 24.3 Å². The number of amides is 2. The molecule has 0 saturated carbocycles. The largest absolute Gasteiger partial charge is 0.460 e. The minimum absolute atomic E-state index is 0.0288. The van der Waals surface area contributed by atoms with Crippen LogP contribution in [-0.4, -0.2) is 106 Å². The zero-order chi connectivity index (χ0) is 30.0. The smallest absolute Gasteiger partial charge is 0.316 e. The Hall–Kier alpha value is -3.85. The Kier molecular flexibility index (Phi) is 10.7. The number of hydrogen-bond donors (Lipinski definition) is 2. The number of carbonyl (C=O) groups is 2. The minimum Gasteiger partial charge on any atom is -0.460 e. The van der Waals surface area contributed by atoms with Crippen molar-refractivity contribution in [3.63, 3.8) is 0 Å². The second kappa shape index (κ2) is 15.0. The van der Waals surface area contributed by atoms with Crippen LogP contribution in [0, 0.1) is 0 Å². The number of methoxy groups -OCH3 is 2. The zero-order valence-electron chi connectivity index (χ0n) is 24.4. The third kappa shape index (κ3) is 8.16. The molecule has 0 radical (unpaired) electrons. The van der Waals surface area contributed by atoms with Gasteiger partial charge in [0.25, 0.3) is 11.8 Å². The van der Waals surface area contributed by atoms with Gasteiger partial charge in [0, 0.05) is 83.2 Å². The van der Waals surface area contributed by atoms with Gasteiger partial charge >= 0.3 is 6.01 Å². The normalized spacial score (nSPS) is 17.5. The van der Waals surface area contributed by atoms with Crippen LogP contribution in [0.3, 0.4) is 0 Å². The van der Waals surface area contributed by atoms with E-state index < -0.39 is 0 Å². The molecule has 43 heavy (non-hydrogen) atoms. The predicted octanol–water partition coefficient (Wildman–Crippen LogP) is 2.46. The van der Waals surface area contributed by atoms with Crippen molar-refractivity contribution in [1.82, 2.24) is 20.3 Å². The lowest BCUT2D eigenvalue weighted by molar-refractivity contribution is -0.0100. The van der Waals surface area contributed by atoms with Gasteiger partial charge in [-0.2, -0.15) is 0 Å². The number of nitrogens with one attached hydrogen (secondary N) is 2. The summed E-state index contributed by atoms with van der Waals surface area (Å²) in [5, 5.41) is 8.27. The lowest BCUT2D eigenvalue weighted by Crippen LogP contribution is -2.44. The molecule has 230 valence electrons. The first kappa shape index (κ1) is 30.6. The molecule has 0 aliphatic carbocycles. The molecule has 4 heterocycles. The number of ether oxygens (including phenoxy) is 4. The highest BCUT2D eigenvalue weighted by Gasteiger charge is 2.26. The van der Waals surface area contributed by atoms with Crippen LogP contribution in [0.2, 0.25) is 0 Å². The second-order valence-corrected chi connectivity index (χ2v) is 11.0. The van der Waals surface area contributed by atoms with Crippen LogP contribution in [0.4, 0.5) is 16.5 Å². The molecule has 0 bridgehead atoms. The van der Waals surface area contributed by atoms with Gasteiger partial charge < -0.3 is 39.4 Å². The van der Waals surface area contributed by atoms with Crippen LogP contribution in [0.5, 0.6) is 6.01 Å². The number of carbonyl (C=O) groups excluding carboxylic acids is 2. The van der Waals surface area contributed by atoms with E-state index in [9.17, 15) is 9.59 Å². The molecule has 2 aliphatic heterocycles. The van der Waals surface area contributed by atoms with Crippen molar-refractivity contribution in [1.29, 1.82) is 0 Å². The SMILES string of the molecule is COCCNC(=O)c1cc(N2CCO[C@H](COC)C2)ccc1NC(=O)c1csc(N2CCC(Oc3ncccn3)CC2)n1. The molecule has 2 fully saturated rings. The molecule has 14 heteroatoms. The number of aromatic nitrogens is 3. The van der Waals surface area contributed by atoms with E-state index in [0.717, 1.165) is 36.8 Å². The van der Waals surface area contributed by atoms with E-state index >= 15 is 0 Å². The number of piperidine rings is 1. The van der Waals surface area contributed by atoms with E-state index in [2.05, 4.69) is 35.4 Å². The van der Waals surface area contributed by atoms with Crippen molar-refractivity contribution < 1.29 is 28.5 Å². The first-order valence-electron chi connectivity index (χ1n) is 14.3. The van der Waals surface area contributed by atoms with E-state index in [0.29, 0.717) is 62.4 Å². The number of hydrogen-bond acceptors (Lipinski definition) is 12. The fraction of sp³-hybridized carbons (Fsp3) is 0.483. The Balaban J connectivity index is 1.24. The van der Waals surface area contributed by atoms with Gasteiger partial charge in [0.1, 0.15) is 11.8 Å². The van der Waals surface area contributed by atoms with Gasteiger partial charge in [-0.15, -0.1) is 11.3 Å². The number of rotatable bonds is 12. The Labute approximate surface area is 254 Å². The Morgan fingerprint density at radius 2 is 1.88 bits per heavy atom. The molecule has 2 aliphatic rings. The van der Waals surface area contributed by atoms with Crippen molar-refractivity contribution in [3.8, 4) is 6.01 Å². The standard InChI is InChI=1S/C29H37N7O6S/c1-39-14-10-30-26(37)23-16-20(36-13-15-41-22(17-36)18-40-2)4-5-24(23)33-27(38)25-19-43-29(34-25)35-11-6-21(7-12-35)42-28-31-8-3-9-32-28/h3-5,8-9,16,19,21-22H,6-7,10-15,17-18H2,1-2H3,(H,30,37)(H,33,38)/t22-/m0/s1. The van der Waals surface area contributed by atoms with Crippen LogP contribution >= 0.6 is 11.3 Å². The lowest BCUT2D eigenvalue weighted by Gasteiger charge is -2.34. The van der Waals surface area contributed by atoms with Crippen molar-refractivity contribution in [3.05, 3.63) is 53.3 Å². The lowest BCUT2D eigenvalue weighted by atomic mass is 10.1. The number of thiazole rings is 1. The van der Waals surface area contributed by atoms with Crippen LogP contribution in [0.15, 0.2) is 42.0 Å². The molecule has 2 saturated heterocycles. The minimum atomic E-state index is -0.382. The monoisotopic (exact) mass is 611 g/mol. The summed E-state index contributed by atoms with van der Waals surface area (Å²) in [6.45, 7) is 4.56. The van der Waals surface area contributed by atoms with Crippen molar-refractivity contribution in [2.24, 2.45) is 0 Å². The maximum Gasteiger partial charge on any atom is 0.316 e. The van der Waals surface area contributed by atoms with Gasteiger partial charge in [0.15, 0.2) is 5.13 Å². The third-order valence-corrected chi connectivity index (χ3v) is 8.10. The van der Waals surface area contributed by atoms with Gasteiger partial charge in [0.2, 0.25) is 0 Å². The Bertz CT molecular complexity index is 1350. The number of anilines is 3. The molecule has 0 unspecified atom stereocenters. The summed E-state index contributed by atoms with van der Waals surface area (Å²) in [4.78, 5) is 43.7. The van der Waals surface area contributed by atoms with E-state index in [1.807, 2.05) is 6.07 Å². The van der Waals surface area contributed by atoms with Crippen molar-refractivity contribution in [2.75, 3.05) is 81.9 Å². The molecule has 1 atom stereocenters. The highest BCUT2D eigenvalue weighted by Crippen LogP contribution is 2.28. The Morgan fingerprint density at radius 1 is 1.07 bits per heavy atom. The first-order chi connectivity index (χ1) is 21.0. The molecule has 0 spiro atoms. The van der Waals surface area contributed by atoms with E-state index in [4.69, 9.17) is 18.9 Å². The molecule has 13 nitrogen and oxygen atoms in total. The molecule has 1 aromatic carbocycles. The van der Waals surface area contributed by atoms with Crippen molar-refractivity contribution in [2.45, 2.75) is 25.0 Å². The second-order valence-electron chi connectivity index (χ2n) is 10.2. The average Bonchev–Trinajstić information content (AvgIpc) is 3.53. The van der Waals surface area contributed by atoms with E-state index in [1.54, 1.807) is 50.2 Å². The molecule has 5 rings (SSSR count). The van der Waals surface area contributed by atoms with Gasteiger partial charge in [-0.25, -0.2) is 15.0 Å². The summed E-state index contributed by atoms with van der Waals surface area (Å²) in [6, 6.07) is 7.59. The predicted molar refractivity (Wildman–Crippen MR) is 162 cm³/mol. The van der Waals surface area contributed by atoms with Crippen LogP contribution in [0.1, 0.15) is 33.7 Å². The first-order valence-corrected chi connectivity index (χ1v) is 15.1. The Morgan fingerprint density at radius 3 is 2.65 bits per heavy atom. The number of benzene rings is 1. The fourth-order valence-corrected chi connectivity index (χ4v) is 5.85. The molecular weight excluding hydrogens is 574 g/mol. The number of morpholine rings is 1. The quantitative estimate of drug-likeness (QED) is 0.292. The molecule has 2 aromatic heterocycles. The fourth-order valence-electron chi connectivity index (χ4n) is 4.99. The third-order valence-electron chi connectivity index (χ3n) is 7.20. The van der Waals surface area contributed by atoms with Gasteiger partial charge in [-0.3, -0.25) is 9.59 Å². The highest BCUT2D eigenvalue weighted by molar-refractivity contribution is 7.14. The van der Waals surface area contributed by atoms with Gasteiger partial charge in [0.05, 0.1) is 37.2 Å². The maximum absolute atomic E-state index is 13.3. The summed E-state index contributed by atoms with van der Waals surface area (Å²) in [5.41, 5.74) is 1.92. The number of nitrogens with zero attached hydrogens (tertiary/aromatic N) is 5. The maximum atomic E-state index is 13.3. The van der Waals surface area contributed by atoms with Crippen LogP contribution in [-0.2, 0) is 14.2 Å². The summed E-state index contributed by atoms with van der Waals surface area (Å²) < 4.78 is 22.0. The molecular formula is C29H37N7O6S. The molecule has 3 aromatic rings. The van der Waals surface area contributed by atoms with Crippen LogP contribution in [0.25, 0.3) is 0 Å². The van der Waals surface area contributed by atoms with E-state index in [1.165, 1.54) is 11.3 Å². The zero-order valence-corrected chi connectivity index (χ0v) is 25.2. The van der Waals surface area contributed by atoms with Gasteiger partial charge in [-0.1, -0.05) is 0 Å². The van der Waals surface area contributed by atoms with Crippen molar-refractivity contribution >= 4 is 39.7 Å². The summed E-state index contributed by atoms with van der Waals surface area (Å²) in [7, 11) is 3.22. The summed E-state index contributed by atoms with van der Waals surface area (Å²) >= 11 is 1.42. The average molecular weight is 612 g/mol. The summed E-state index contributed by atoms with van der Waals surface area (Å²) in [5.74, 6) is -0.687. The van der Waals surface area contributed by atoms with E-state index in [-0.39, 0.29) is 24.0 Å². The summed E-state index contributed by atoms with van der Waals surface area (Å²) in [6.07, 6.45) is 4.87.